The zero-order valence-electron chi connectivity index (χ0n) is 11.1. The number of aromatic nitrogens is 3. The maximum Gasteiger partial charge on any atom is 0.150 e. The van der Waals surface area contributed by atoms with Gasteiger partial charge >= 0.3 is 0 Å². The zero-order valence-corrected chi connectivity index (χ0v) is 11.1. The van der Waals surface area contributed by atoms with E-state index in [9.17, 15) is 0 Å². The van der Waals surface area contributed by atoms with Crippen molar-refractivity contribution in [1.29, 1.82) is 0 Å². The van der Waals surface area contributed by atoms with Crippen LogP contribution in [0.15, 0.2) is 0 Å². The van der Waals surface area contributed by atoms with Gasteiger partial charge in [-0.2, -0.15) is 0 Å². The first-order valence-corrected chi connectivity index (χ1v) is 7.13. The Bertz CT molecular complexity index is 400. The third-order valence-electron chi connectivity index (χ3n) is 3.75. The van der Waals surface area contributed by atoms with E-state index in [-0.39, 0.29) is 0 Å². The second-order valence-corrected chi connectivity index (χ2v) is 5.26. The largest absolute Gasteiger partial charge is 0.381 e. The summed E-state index contributed by atoms with van der Waals surface area (Å²) in [6.07, 6.45) is 4.62. The first kappa shape index (κ1) is 12.1. The molecular formula is C13H22N4O. The van der Waals surface area contributed by atoms with Crippen molar-refractivity contribution in [3.63, 3.8) is 0 Å². The van der Waals surface area contributed by atoms with Crippen LogP contribution in [-0.4, -0.2) is 34.5 Å². The third kappa shape index (κ3) is 2.42. The van der Waals surface area contributed by atoms with E-state index < -0.39 is 0 Å². The van der Waals surface area contributed by atoms with Crippen molar-refractivity contribution >= 4 is 0 Å². The molecule has 1 atom stereocenters. The minimum absolute atomic E-state index is 0.441. The van der Waals surface area contributed by atoms with Gasteiger partial charge in [0.15, 0.2) is 5.82 Å². The Balaban J connectivity index is 1.65. The SMILES string of the molecule is CCCOCCc1nnc2n1CCNC2C1CC1. The molecule has 3 rings (SSSR count). The Morgan fingerprint density at radius 1 is 1.33 bits per heavy atom. The van der Waals surface area contributed by atoms with Crippen molar-refractivity contribution in [3.05, 3.63) is 11.6 Å². The van der Waals surface area contributed by atoms with Crippen molar-refractivity contribution in [2.24, 2.45) is 5.92 Å². The molecule has 0 saturated heterocycles. The summed E-state index contributed by atoms with van der Waals surface area (Å²) in [4.78, 5) is 0. The van der Waals surface area contributed by atoms with Crippen molar-refractivity contribution in [1.82, 2.24) is 20.1 Å². The number of fused-ring (bicyclic) bond motifs is 1. The summed E-state index contributed by atoms with van der Waals surface area (Å²) >= 11 is 0. The Labute approximate surface area is 108 Å². The van der Waals surface area contributed by atoms with Crippen LogP contribution in [0.2, 0.25) is 0 Å². The molecule has 100 valence electrons. The molecule has 5 nitrogen and oxygen atoms in total. The molecule has 18 heavy (non-hydrogen) atoms. The van der Waals surface area contributed by atoms with E-state index in [4.69, 9.17) is 4.74 Å². The van der Waals surface area contributed by atoms with Crippen LogP contribution in [0.4, 0.5) is 0 Å². The number of hydrogen-bond acceptors (Lipinski definition) is 4. The first-order valence-electron chi connectivity index (χ1n) is 7.13. The fraction of sp³-hybridized carbons (Fsp3) is 0.846. The molecular weight excluding hydrogens is 228 g/mol. The van der Waals surface area contributed by atoms with Gasteiger partial charge in [-0.05, 0) is 25.2 Å². The van der Waals surface area contributed by atoms with Crippen LogP contribution >= 0.6 is 0 Å². The number of nitrogens with one attached hydrogen (secondary N) is 1. The van der Waals surface area contributed by atoms with Gasteiger partial charge in [-0.1, -0.05) is 6.92 Å². The van der Waals surface area contributed by atoms with E-state index in [1.807, 2.05) is 0 Å². The lowest BCUT2D eigenvalue weighted by atomic mass is 10.1. The fourth-order valence-electron chi connectivity index (χ4n) is 2.65. The van der Waals surface area contributed by atoms with Crippen LogP contribution in [-0.2, 0) is 17.7 Å². The lowest BCUT2D eigenvalue weighted by Gasteiger charge is -2.24. The maximum absolute atomic E-state index is 5.54. The Hall–Kier alpha value is -0.940. The standard InChI is InChI=1S/C13H22N4O/c1-2-8-18-9-5-11-15-16-13-12(10-3-4-10)14-6-7-17(11)13/h10,12,14H,2-9H2,1H3. The molecule has 1 fully saturated rings. The van der Waals surface area contributed by atoms with Crippen molar-refractivity contribution in [2.75, 3.05) is 19.8 Å². The summed E-state index contributed by atoms with van der Waals surface area (Å²) < 4.78 is 7.84. The summed E-state index contributed by atoms with van der Waals surface area (Å²) in [5.74, 6) is 3.03. The molecule has 2 heterocycles. The normalized spacial score (nSPS) is 23.1. The molecule has 1 aromatic heterocycles. The van der Waals surface area contributed by atoms with Crippen LogP contribution in [0.25, 0.3) is 0 Å². The average molecular weight is 250 g/mol. The van der Waals surface area contributed by atoms with E-state index in [2.05, 4.69) is 27.0 Å². The highest BCUT2D eigenvalue weighted by Crippen LogP contribution is 2.41. The first-order chi connectivity index (χ1) is 8.90. The molecule has 0 amide bonds. The topological polar surface area (TPSA) is 52.0 Å². The number of nitrogens with zero attached hydrogens (tertiary/aromatic N) is 3. The minimum Gasteiger partial charge on any atom is -0.381 e. The smallest absolute Gasteiger partial charge is 0.150 e. The molecule has 2 aliphatic rings. The van der Waals surface area contributed by atoms with Crippen LogP contribution in [0, 0.1) is 5.92 Å². The fourth-order valence-corrected chi connectivity index (χ4v) is 2.65. The Morgan fingerprint density at radius 2 is 2.22 bits per heavy atom. The lowest BCUT2D eigenvalue weighted by Crippen LogP contribution is -2.35. The average Bonchev–Trinajstić information content (AvgIpc) is 3.16. The van der Waals surface area contributed by atoms with E-state index in [1.165, 1.54) is 12.8 Å². The molecule has 5 heteroatoms. The molecule has 1 aliphatic carbocycles. The van der Waals surface area contributed by atoms with E-state index >= 15 is 0 Å². The highest BCUT2D eigenvalue weighted by Gasteiger charge is 2.37. The molecule has 1 aliphatic heterocycles. The summed E-state index contributed by atoms with van der Waals surface area (Å²) in [6.45, 7) is 5.76. The summed E-state index contributed by atoms with van der Waals surface area (Å²) in [5.41, 5.74) is 0. The Kier molecular flexibility index (Phi) is 3.61. The van der Waals surface area contributed by atoms with Crippen molar-refractivity contribution in [3.8, 4) is 0 Å². The molecule has 0 radical (unpaired) electrons. The van der Waals surface area contributed by atoms with Gasteiger partial charge in [0.25, 0.3) is 0 Å². The van der Waals surface area contributed by atoms with Gasteiger partial charge < -0.3 is 14.6 Å². The second-order valence-electron chi connectivity index (χ2n) is 5.26. The van der Waals surface area contributed by atoms with Crippen LogP contribution in [0.3, 0.4) is 0 Å². The zero-order chi connectivity index (χ0) is 12.4. The third-order valence-corrected chi connectivity index (χ3v) is 3.75. The van der Waals surface area contributed by atoms with Gasteiger partial charge in [-0.25, -0.2) is 0 Å². The number of ether oxygens (including phenoxy) is 1. The van der Waals surface area contributed by atoms with Gasteiger partial charge in [0.2, 0.25) is 0 Å². The predicted octanol–water partition coefficient (Wildman–Crippen LogP) is 1.30. The quantitative estimate of drug-likeness (QED) is 0.773. The molecule has 1 N–H and O–H groups in total. The molecule has 0 bridgehead atoms. The Morgan fingerprint density at radius 3 is 3.00 bits per heavy atom. The number of hydrogen-bond donors (Lipinski definition) is 1. The minimum atomic E-state index is 0.441. The summed E-state index contributed by atoms with van der Waals surface area (Å²) in [7, 11) is 0. The highest BCUT2D eigenvalue weighted by molar-refractivity contribution is 5.08. The molecule has 0 aromatic carbocycles. The van der Waals surface area contributed by atoms with E-state index in [1.54, 1.807) is 0 Å². The molecule has 0 spiro atoms. The van der Waals surface area contributed by atoms with Gasteiger partial charge in [-0.15, -0.1) is 10.2 Å². The van der Waals surface area contributed by atoms with Crippen LogP contribution in [0.1, 0.15) is 43.9 Å². The highest BCUT2D eigenvalue weighted by atomic mass is 16.5. The number of rotatable bonds is 6. The predicted molar refractivity (Wildman–Crippen MR) is 68.3 cm³/mol. The van der Waals surface area contributed by atoms with Gasteiger partial charge in [-0.3, -0.25) is 0 Å². The van der Waals surface area contributed by atoms with Crippen molar-refractivity contribution < 1.29 is 4.74 Å². The maximum atomic E-state index is 5.54. The summed E-state index contributed by atoms with van der Waals surface area (Å²) in [6, 6.07) is 0.441. The van der Waals surface area contributed by atoms with E-state index in [0.717, 1.165) is 56.7 Å². The monoisotopic (exact) mass is 250 g/mol. The van der Waals surface area contributed by atoms with E-state index in [0.29, 0.717) is 6.04 Å². The van der Waals surface area contributed by atoms with Gasteiger partial charge in [0.1, 0.15) is 5.82 Å². The molecule has 1 saturated carbocycles. The van der Waals surface area contributed by atoms with Crippen LogP contribution < -0.4 is 5.32 Å². The van der Waals surface area contributed by atoms with Crippen LogP contribution in [0.5, 0.6) is 0 Å². The second kappa shape index (κ2) is 5.36. The van der Waals surface area contributed by atoms with Gasteiger partial charge in [0.05, 0.1) is 12.6 Å². The lowest BCUT2D eigenvalue weighted by molar-refractivity contribution is 0.135. The molecule has 1 aromatic rings. The van der Waals surface area contributed by atoms with Crippen molar-refractivity contribution in [2.45, 2.75) is 45.2 Å². The van der Waals surface area contributed by atoms with Gasteiger partial charge in [0, 0.05) is 26.1 Å². The summed E-state index contributed by atoms with van der Waals surface area (Å²) in [5, 5.41) is 12.3. The molecule has 1 unspecified atom stereocenters.